The van der Waals surface area contributed by atoms with E-state index in [2.05, 4.69) is 48.5 Å². The van der Waals surface area contributed by atoms with Crippen LogP contribution in [0, 0.1) is 6.92 Å². The summed E-state index contributed by atoms with van der Waals surface area (Å²) in [5.41, 5.74) is 4.75. The van der Waals surface area contributed by atoms with Gasteiger partial charge >= 0.3 is 0 Å². The molecule has 1 unspecified atom stereocenters. The van der Waals surface area contributed by atoms with Crippen LogP contribution < -0.4 is 5.32 Å². The summed E-state index contributed by atoms with van der Waals surface area (Å²) in [5.74, 6) is 0. The minimum atomic E-state index is 0.250. The molecule has 0 spiro atoms. The highest BCUT2D eigenvalue weighted by Gasteiger charge is 2.19. The zero-order chi connectivity index (χ0) is 15.4. The van der Waals surface area contributed by atoms with E-state index in [4.69, 9.17) is 11.6 Å². The summed E-state index contributed by atoms with van der Waals surface area (Å²) in [4.78, 5) is 0. The van der Waals surface area contributed by atoms with Crippen LogP contribution in [0.3, 0.4) is 0 Å². The van der Waals surface area contributed by atoms with Gasteiger partial charge in [-0.15, -0.1) is 0 Å². The smallest absolute Gasteiger partial charge is 0.0847 e. The molecule has 114 valence electrons. The number of benzene rings is 1. The lowest BCUT2D eigenvalue weighted by Gasteiger charge is -2.20. The molecular weight excluding hydrogens is 282 g/mol. The molecule has 1 atom stereocenters. The van der Waals surface area contributed by atoms with Gasteiger partial charge < -0.3 is 5.32 Å². The highest BCUT2D eigenvalue weighted by Crippen LogP contribution is 2.27. The third kappa shape index (κ3) is 3.30. The summed E-state index contributed by atoms with van der Waals surface area (Å²) in [5, 5.41) is 8.74. The molecule has 2 rings (SSSR count). The molecule has 0 saturated heterocycles. The predicted octanol–water partition coefficient (Wildman–Crippen LogP) is 3.93. The van der Waals surface area contributed by atoms with Gasteiger partial charge in [0, 0.05) is 19.0 Å². The Bertz CT molecular complexity index is 604. The summed E-state index contributed by atoms with van der Waals surface area (Å²) < 4.78 is 2.01. The normalized spacial score (nSPS) is 12.6. The van der Waals surface area contributed by atoms with E-state index in [1.165, 1.54) is 11.1 Å². The Balaban J connectivity index is 2.36. The van der Waals surface area contributed by atoms with Gasteiger partial charge in [-0.1, -0.05) is 42.8 Å². The second-order valence-electron chi connectivity index (χ2n) is 5.26. The molecule has 4 heteroatoms. The van der Waals surface area contributed by atoms with Crippen molar-refractivity contribution in [3.63, 3.8) is 0 Å². The predicted molar refractivity (Wildman–Crippen MR) is 89.0 cm³/mol. The fourth-order valence-electron chi connectivity index (χ4n) is 2.82. The first-order valence-corrected chi connectivity index (χ1v) is 7.96. The van der Waals surface area contributed by atoms with Crippen molar-refractivity contribution >= 4 is 11.6 Å². The van der Waals surface area contributed by atoms with E-state index in [9.17, 15) is 0 Å². The maximum absolute atomic E-state index is 6.44. The van der Waals surface area contributed by atoms with Crippen molar-refractivity contribution in [1.82, 2.24) is 15.1 Å². The fraction of sp³-hybridized carbons (Fsp3) is 0.471. The Hall–Kier alpha value is -1.32. The van der Waals surface area contributed by atoms with Crippen LogP contribution in [0.15, 0.2) is 24.3 Å². The van der Waals surface area contributed by atoms with Crippen LogP contribution in [0.2, 0.25) is 5.02 Å². The van der Waals surface area contributed by atoms with Crippen molar-refractivity contribution in [2.24, 2.45) is 0 Å². The molecule has 0 aliphatic rings. The summed E-state index contributed by atoms with van der Waals surface area (Å²) in [6.07, 6.45) is 1.88. The van der Waals surface area contributed by atoms with Gasteiger partial charge in [0.1, 0.15) is 0 Å². The molecular formula is C17H24ClN3. The standard InChI is InChI=1S/C17H24ClN3/c1-5-13-9-7-8-10-14(13)15(19-4)11-16-17(18)12(3)20-21(16)6-2/h7-10,15,19H,5-6,11H2,1-4H3. The van der Waals surface area contributed by atoms with Gasteiger partial charge in [-0.05, 0) is 38.4 Å². The topological polar surface area (TPSA) is 29.9 Å². The Kier molecular flexibility index (Phi) is 5.43. The van der Waals surface area contributed by atoms with E-state index in [1.54, 1.807) is 0 Å². The molecule has 0 saturated carbocycles. The van der Waals surface area contributed by atoms with Gasteiger partial charge in [0.15, 0.2) is 0 Å². The molecule has 1 heterocycles. The summed E-state index contributed by atoms with van der Waals surface area (Å²) in [6.45, 7) is 7.10. The van der Waals surface area contributed by atoms with Gasteiger partial charge in [-0.25, -0.2) is 0 Å². The minimum absolute atomic E-state index is 0.250. The Morgan fingerprint density at radius 2 is 2.00 bits per heavy atom. The van der Waals surface area contributed by atoms with Crippen molar-refractivity contribution in [3.05, 3.63) is 51.8 Å². The van der Waals surface area contributed by atoms with Crippen molar-refractivity contribution in [1.29, 1.82) is 0 Å². The minimum Gasteiger partial charge on any atom is -0.313 e. The van der Waals surface area contributed by atoms with Crippen LogP contribution in [0.4, 0.5) is 0 Å². The van der Waals surface area contributed by atoms with E-state index in [0.29, 0.717) is 0 Å². The van der Waals surface area contributed by atoms with Crippen molar-refractivity contribution in [3.8, 4) is 0 Å². The lowest BCUT2D eigenvalue weighted by molar-refractivity contribution is 0.538. The molecule has 0 amide bonds. The van der Waals surface area contributed by atoms with E-state index in [0.717, 1.165) is 35.8 Å². The monoisotopic (exact) mass is 305 g/mol. The number of hydrogen-bond acceptors (Lipinski definition) is 2. The van der Waals surface area contributed by atoms with Crippen LogP contribution in [-0.4, -0.2) is 16.8 Å². The number of hydrogen-bond donors (Lipinski definition) is 1. The molecule has 1 aromatic heterocycles. The number of aryl methyl sites for hydroxylation is 3. The average molecular weight is 306 g/mol. The van der Waals surface area contributed by atoms with Gasteiger partial charge in [0.25, 0.3) is 0 Å². The number of likely N-dealkylation sites (N-methyl/N-ethyl adjacent to an activating group) is 1. The van der Waals surface area contributed by atoms with Crippen LogP contribution >= 0.6 is 11.6 Å². The molecule has 0 aliphatic heterocycles. The number of aromatic nitrogens is 2. The summed E-state index contributed by atoms with van der Waals surface area (Å²) in [6, 6.07) is 8.85. The highest BCUT2D eigenvalue weighted by molar-refractivity contribution is 6.31. The molecule has 0 radical (unpaired) electrons. The zero-order valence-electron chi connectivity index (χ0n) is 13.3. The molecule has 1 N–H and O–H groups in total. The van der Waals surface area contributed by atoms with Gasteiger partial charge in [0.05, 0.1) is 16.4 Å². The maximum atomic E-state index is 6.44. The third-order valence-electron chi connectivity index (χ3n) is 4.01. The molecule has 0 aliphatic carbocycles. The van der Waals surface area contributed by atoms with E-state index in [1.807, 2.05) is 18.7 Å². The maximum Gasteiger partial charge on any atom is 0.0847 e. The Morgan fingerprint density at radius 1 is 1.29 bits per heavy atom. The van der Waals surface area contributed by atoms with E-state index in [-0.39, 0.29) is 6.04 Å². The molecule has 21 heavy (non-hydrogen) atoms. The molecule has 1 aromatic carbocycles. The quantitative estimate of drug-likeness (QED) is 0.876. The highest BCUT2D eigenvalue weighted by atomic mass is 35.5. The van der Waals surface area contributed by atoms with Crippen molar-refractivity contribution in [2.45, 2.75) is 46.2 Å². The first-order valence-electron chi connectivity index (χ1n) is 7.59. The van der Waals surface area contributed by atoms with Crippen LogP contribution in [0.25, 0.3) is 0 Å². The molecule has 2 aromatic rings. The Morgan fingerprint density at radius 3 is 2.62 bits per heavy atom. The molecule has 3 nitrogen and oxygen atoms in total. The lowest BCUT2D eigenvalue weighted by Crippen LogP contribution is -2.22. The van der Waals surface area contributed by atoms with Crippen molar-refractivity contribution in [2.75, 3.05) is 7.05 Å². The molecule has 0 fully saturated rings. The Labute approximate surface area is 132 Å². The van der Waals surface area contributed by atoms with E-state index < -0.39 is 0 Å². The second-order valence-corrected chi connectivity index (χ2v) is 5.64. The number of rotatable bonds is 6. The van der Waals surface area contributed by atoms with Crippen LogP contribution in [0.1, 0.15) is 42.4 Å². The first kappa shape index (κ1) is 16.1. The largest absolute Gasteiger partial charge is 0.313 e. The number of nitrogens with one attached hydrogen (secondary N) is 1. The second kappa shape index (κ2) is 7.10. The third-order valence-corrected chi connectivity index (χ3v) is 4.50. The van der Waals surface area contributed by atoms with Crippen molar-refractivity contribution < 1.29 is 0 Å². The first-order chi connectivity index (χ1) is 10.1. The van der Waals surface area contributed by atoms with Gasteiger partial charge in [-0.2, -0.15) is 5.10 Å². The van der Waals surface area contributed by atoms with E-state index >= 15 is 0 Å². The summed E-state index contributed by atoms with van der Waals surface area (Å²) >= 11 is 6.44. The van der Waals surface area contributed by atoms with Gasteiger partial charge in [-0.3, -0.25) is 4.68 Å². The van der Waals surface area contributed by atoms with Crippen LogP contribution in [-0.2, 0) is 19.4 Å². The number of halogens is 1. The van der Waals surface area contributed by atoms with Gasteiger partial charge in [0.2, 0.25) is 0 Å². The average Bonchev–Trinajstić information content (AvgIpc) is 2.79. The summed E-state index contributed by atoms with van der Waals surface area (Å²) in [7, 11) is 2.00. The van der Waals surface area contributed by atoms with Crippen LogP contribution in [0.5, 0.6) is 0 Å². The number of nitrogens with zero attached hydrogens (tertiary/aromatic N) is 2. The SMILES string of the molecule is CCc1ccccc1C(Cc1c(Cl)c(C)nn1CC)NC. The molecule has 0 bridgehead atoms. The zero-order valence-corrected chi connectivity index (χ0v) is 14.0. The lowest BCUT2D eigenvalue weighted by atomic mass is 9.95. The fourth-order valence-corrected chi connectivity index (χ4v) is 3.03.